The number of amides is 1. The summed E-state index contributed by atoms with van der Waals surface area (Å²) in [6.45, 7) is 3.97. The number of carbonyl (C=O) groups is 2. The van der Waals surface area contributed by atoms with Crippen LogP contribution in [-0.2, 0) is 16.0 Å². The van der Waals surface area contributed by atoms with Gasteiger partial charge in [-0.15, -0.1) is 0 Å². The summed E-state index contributed by atoms with van der Waals surface area (Å²) >= 11 is 0. The Hall–Kier alpha value is -3.86. The van der Waals surface area contributed by atoms with Gasteiger partial charge in [0.2, 0.25) is 0 Å². The van der Waals surface area contributed by atoms with E-state index in [1.807, 2.05) is 50.2 Å². The van der Waals surface area contributed by atoms with Gasteiger partial charge in [0.05, 0.1) is 11.6 Å². The molecule has 31 heavy (non-hydrogen) atoms. The van der Waals surface area contributed by atoms with Crippen molar-refractivity contribution in [3.05, 3.63) is 101 Å². The van der Waals surface area contributed by atoms with Gasteiger partial charge >= 0.3 is 0 Å². The van der Waals surface area contributed by atoms with Crippen molar-refractivity contribution in [1.82, 2.24) is 0 Å². The number of carbonyl (C=O) groups excluding carboxylic acids is 2. The van der Waals surface area contributed by atoms with Crippen molar-refractivity contribution in [3.8, 4) is 5.75 Å². The van der Waals surface area contributed by atoms with Crippen LogP contribution < -0.4 is 4.90 Å². The Morgan fingerprint density at radius 1 is 0.903 bits per heavy atom. The number of phenolic OH excluding ortho intramolecular Hbond substituents is 1. The summed E-state index contributed by atoms with van der Waals surface area (Å²) in [5, 5.41) is 20.8. The zero-order chi connectivity index (χ0) is 22.1. The number of Topliss-reactive ketones (excluding diaryl/α,β-unsaturated/α-hetero) is 1. The van der Waals surface area contributed by atoms with Crippen LogP contribution in [0.15, 0.2) is 78.4 Å². The van der Waals surface area contributed by atoms with Crippen molar-refractivity contribution in [2.45, 2.75) is 26.3 Å². The number of phenols is 1. The van der Waals surface area contributed by atoms with E-state index >= 15 is 0 Å². The molecule has 4 rings (SSSR count). The number of anilines is 1. The molecule has 1 atom stereocenters. The van der Waals surface area contributed by atoms with Crippen LogP contribution >= 0.6 is 0 Å². The van der Waals surface area contributed by atoms with Crippen LogP contribution in [0.3, 0.4) is 0 Å². The zero-order valence-corrected chi connectivity index (χ0v) is 17.4. The minimum Gasteiger partial charge on any atom is -0.508 e. The van der Waals surface area contributed by atoms with Gasteiger partial charge < -0.3 is 10.2 Å². The normalized spacial score (nSPS) is 17.9. The number of ketones is 1. The first-order valence-corrected chi connectivity index (χ1v) is 10.2. The van der Waals surface area contributed by atoms with Crippen molar-refractivity contribution < 1.29 is 19.8 Å². The molecule has 0 bridgehead atoms. The van der Waals surface area contributed by atoms with Gasteiger partial charge in [-0.25, -0.2) is 0 Å². The second kappa shape index (κ2) is 8.11. The molecule has 1 amide bonds. The second-order valence-electron chi connectivity index (χ2n) is 7.65. The minimum absolute atomic E-state index is 0.0270. The summed E-state index contributed by atoms with van der Waals surface area (Å²) in [4.78, 5) is 27.6. The Bertz CT molecular complexity index is 1160. The molecule has 0 aromatic heterocycles. The number of aliphatic hydroxyl groups excluding tert-OH is 1. The molecule has 1 saturated heterocycles. The van der Waals surface area contributed by atoms with Gasteiger partial charge in [-0.1, -0.05) is 61.0 Å². The molecular formula is C26H23NO4. The third kappa shape index (κ3) is 3.70. The number of aromatic hydroxyl groups is 1. The predicted octanol–water partition coefficient (Wildman–Crippen LogP) is 4.89. The number of nitrogens with zero attached hydrogens (tertiary/aromatic N) is 1. The average Bonchev–Trinajstić information content (AvgIpc) is 3.05. The molecular weight excluding hydrogens is 390 g/mol. The maximum absolute atomic E-state index is 13.1. The first kappa shape index (κ1) is 20.4. The number of benzene rings is 3. The van der Waals surface area contributed by atoms with E-state index in [-0.39, 0.29) is 17.1 Å². The molecule has 1 fully saturated rings. The van der Waals surface area contributed by atoms with Crippen LogP contribution in [0.2, 0.25) is 0 Å². The molecule has 5 nitrogen and oxygen atoms in total. The highest BCUT2D eigenvalue weighted by atomic mass is 16.3. The Labute approximate surface area is 180 Å². The topological polar surface area (TPSA) is 77.8 Å². The van der Waals surface area contributed by atoms with E-state index in [0.717, 1.165) is 17.5 Å². The van der Waals surface area contributed by atoms with Crippen LogP contribution in [0.5, 0.6) is 5.75 Å². The van der Waals surface area contributed by atoms with Crippen LogP contribution in [0.4, 0.5) is 5.69 Å². The molecule has 3 aromatic carbocycles. The minimum atomic E-state index is -0.811. The summed E-state index contributed by atoms with van der Waals surface area (Å²) in [5.41, 5.74) is 3.81. The van der Waals surface area contributed by atoms with E-state index in [1.54, 1.807) is 24.3 Å². The van der Waals surface area contributed by atoms with Crippen molar-refractivity contribution >= 4 is 23.1 Å². The van der Waals surface area contributed by atoms with Crippen LogP contribution in [0.1, 0.15) is 35.2 Å². The quantitative estimate of drug-likeness (QED) is 0.363. The van der Waals surface area contributed by atoms with Crippen LogP contribution in [0.25, 0.3) is 5.76 Å². The first-order valence-electron chi connectivity index (χ1n) is 10.2. The predicted molar refractivity (Wildman–Crippen MR) is 120 cm³/mol. The molecule has 1 aliphatic heterocycles. The molecule has 0 saturated carbocycles. The highest BCUT2D eigenvalue weighted by Gasteiger charge is 2.46. The SMILES string of the molecule is CCc1ccc(N2C(=O)C(=O)/C(=C(/O)c3ccc(C)cc3)C2c2ccc(O)cc2)cc1. The van der Waals surface area contributed by atoms with Crippen molar-refractivity contribution in [1.29, 1.82) is 0 Å². The number of rotatable bonds is 4. The monoisotopic (exact) mass is 413 g/mol. The fraction of sp³-hybridized carbons (Fsp3) is 0.154. The average molecular weight is 413 g/mol. The van der Waals surface area contributed by atoms with Gasteiger partial charge in [0.15, 0.2) is 0 Å². The standard InChI is InChI=1S/C26H23NO4/c1-3-17-6-12-20(13-7-17)27-23(18-10-14-21(28)15-11-18)22(25(30)26(27)31)24(29)19-8-4-16(2)5-9-19/h4-15,23,28-29H,3H2,1-2H3/b24-22+. The number of hydrogen-bond donors (Lipinski definition) is 2. The van der Waals surface area contributed by atoms with E-state index in [2.05, 4.69) is 0 Å². The van der Waals surface area contributed by atoms with Gasteiger partial charge in [0.25, 0.3) is 11.7 Å². The summed E-state index contributed by atoms with van der Waals surface area (Å²) < 4.78 is 0. The summed E-state index contributed by atoms with van der Waals surface area (Å²) in [6, 6.07) is 20.1. The van der Waals surface area contributed by atoms with Gasteiger partial charge in [-0.3, -0.25) is 14.5 Å². The smallest absolute Gasteiger partial charge is 0.300 e. The molecule has 3 aromatic rings. The molecule has 5 heteroatoms. The largest absolute Gasteiger partial charge is 0.508 e. The van der Waals surface area contributed by atoms with Crippen LogP contribution in [-0.4, -0.2) is 21.9 Å². The van der Waals surface area contributed by atoms with Gasteiger partial charge in [0.1, 0.15) is 11.5 Å². The molecule has 0 aliphatic carbocycles. The molecule has 2 N–H and O–H groups in total. The van der Waals surface area contributed by atoms with E-state index in [0.29, 0.717) is 16.8 Å². The molecule has 1 heterocycles. The molecule has 156 valence electrons. The fourth-order valence-electron chi connectivity index (χ4n) is 3.83. The summed E-state index contributed by atoms with van der Waals surface area (Å²) in [5.74, 6) is -1.58. The van der Waals surface area contributed by atoms with Gasteiger partial charge in [0, 0.05) is 11.3 Å². The number of aliphatic hydroxyl groups is 1. The zero-order valence-electron chi connectivity index (χ0n) is 17.4. The highest BCUT2D eigenvalue weighted by Crippen LogP contribution is 2.42. The summed E-state index contributed by atoms with van der Waals surface area (Å²) in [7, 11) is 0. The van der Waals surface area contributed by atoms with Gasteiger partial charge in [-0.05, 0) is 48.7 Å². The van der Waals surface area contributed by atoms with Crippen molar-refractivity contribution in [2.24, 2.45) is 0 Å². The Balaban J connectivity index is 1.91. The van der Waals surface area contributed by atoms with Crippen LogP contribution in [0, 0.1) is 6.92 Å². The van der Waals surface area contributed by atoms with E-state index in [9.17, 15) is 19.8 Å². The molecule has 1 aliphatic rings. The second-order valence-corrected chi connectivity index (χ2v) is 7.65. The fourth-order valence-corrected chi connectivity index (χ4v) is 3.83. The number of hydrogen-bond acceptors (Lipinski definition) is 4. The maximum Gasteiger partial charge on any atom is 0.300 e. The van der Waals surface area contributed by atoms with Crippen molar-refractivity contribution in [2.75, 3.05) is 4.90 Å². The summed E-state index contributed by atoms with van der Waals surface area (Å²) in [6.07, 6.45) is 0.855. The third-order valence-corrected chi connectivity index (χ3v) is 5.60. The maximum atomic E-state index is 13.1. The first-order chi connectivity index (χ1) is 14.9. The van der Waals surface area contributed by atoms with Crippen molar-refractivity contribution in [3.63, 3.8) is 0 Å². The van der Waals surface area contributed by atoms with E-state index in [4.69, 9.17) is 0 Å². The third-order valence-electron chi connectivity index (χ3n) is 5.60. The molecule has 1 unspecified atom stereocenters. The number of aryl methyl sites for hydroxylation is 2. The Morgan fingerprint density at radius 2 is 1.52 bits per heavy atom. The molecule has 0 spiro atoms. The lowest BCUT2D eigenvalue weighted by Crippen LogP contribution is -2.29. The molecule has 0 radical (unpaired) electrons. The lowest BCUT2D eigenvalue weighted by atomic mass is 9.94. The van der Waals surface area contributed by atoms with E-state index in [1.165, 1.54) is 17.0 Å². The Morgan fingerprint density at radius 3 is 2.10 bits per heavy atom. The lowest BCUT2D eigenvalue weighted by molar-refractivity contribution is -0.132. The van der Waals surface area contributed by atoms with E-state index < -0.39 is 17.7 Å². The van der Waals surface area contributed by atoms with Gasteiger partial charge in [-0.2, -0.15) is 0 Å². The lowest BCUT2D eigenvalue weighted by Gasteiger charge is -2.25. The Kier molecular flexibility index (Phi) is 5.34. The highest BCUT2D eigenvalue weighted by molar-refractivity contribution is 6.51.